The number of hydrogen-bond donors (Lipinski definition) is 1. The SMILES string of the molecule is C=C(C)C(=O)OCCNC(=O)OC1C2CCC(S2)C1OS(=O)[O-]. The minimum absolute atomic E-state index is 0.00321. The molecular weight excluding hydrogens is 346 g/mol. The van der Waals surface area contributed by atoms with Gasteiger partial charge >= 0.3 is 12.1 Å². The van der Waals surface area contributed by atoms with E-state index < -0.39 is 35.6 Å². The predicted molar refractivity (Wildman–Crippen MR) is 82.2 cm³/mol. The summed E-state index contributed by atoms with van der Waals surface area (Å²) >= 11 is -1.07. The molecule has 0 radical (unpaired) electrons. The third kappa shape index (κ3) is 4.93. The summed E-state index contributed by atoms with van der Waals surface area (Å²) in [4.78, 5) is 22.9. The van der Waals surface area contributed by atoms with Gasteiger partial charge in [0, 0.05) is 16.1 Å². The zero-order valence-corrected chi connectivity index (χ0v) is 14.2. The molecule has 0 spiro atoms. The van der Waals surface area contributed by atoms with Crippen LogP contribution in [-0.2, 0) is 29.8 Å². The Morgan fingerprint density at radius 1 is 1.35 bits per heavy atom. The zero-order valence-electron chi connectivity index (χ0n) is 12.5. The monoisotopic (exact) mass is 364 g/mol. The van der Waals surface area contributed by atoms with Crippen molar-refractivity contribution < 1.29 is 32.0 Å². The summed E-state index contributed by atoms with van der Waals surface area (Å²) in [6.45, 7) is 5.05. The Kier molecular flexibility index (Phi) is 6.45. The summed E-state index contributed by atoms with van der Waals surface area (Å²) in [7, 11) is 0. The quantitative estimate of drug-likeness (QED) is 0.303. The van der Waals surface area contributed by atoms with Crippen molar-refractivity contribution in [2.75, 3.05) is 13.2 Å². The molecule has 2 fully saturated rings. The van der Waals surface area contributed by atoms with Gasteiger partial charge in [-0.1, -0.05) is 6.58 Å². The lowest BCUT2D eigenvalue weighted by Crippen LogP contribution is -2.44. The summed E-state index contributed by atoms with van der Waals surface area (Å²) in [5, 5.41) is 2.51. The lowest BCUT2D eigenvalue weighted by atomic mass is 9.95. The number of esters is 1. The maximum absolute atomic E-state index is 11.8. The Labute approximate surface area is 140 Å². The molecule has 5 unspecified atom stereocenters. The number of rotatable bonds is 7. The van der Waals surface area contributed by atoms with Gasteiger partial charge in [-0.05, 0) is 19.8 Å². The van der Waals surface area contributed by atoms with Crippen molar-refractivity contribution in [1.82, 2.24) is 5.32 Å². The molecule has 0 aliphatic carbocycles. The summed E-state index contributed by atoms with van der Waals surface area (Å²) in [6, 6.07) is 0. The van der Waals surface area contributed by atoms with Crippen LogP contribution < -0.4 is 5.32 Å². The van der Waals surface area contributed by atoms with E-state index in [4.69, 9.17) is 13.7 Å². The van der Waals surface area contributed by atoms with Crippen molar-refractivity contribution in [2.24, 2.45) is 0 Å². The first-order valence-electron chi connectivity index (χ1n) is 7.07. The molecule has 0 aromatic rings. The fourth-order valence-corrected chi connectivity index (χ4v) is 4.75. The van der Waals surface area contributed by atoms with Crippen LogP contribution >= 0.6 is 11.8 Å². The highest BCUT2D eigenvalue weighted by Gasteiger charge is 2.52. The molecule has 0 saturated carbocycles. The molecule has 5 atom stereocenters. The molecule has 130 valence electrons. The fraction of sp³-hybridized carbons (Fsp3) is 0.692. The average Bonchev–Trinajstić information content (AvgIpc) is 3.06. The molecule has 10 heteroatoms. The number of ether oxygens (including phenoxy) is 2. The van der Waals surface area contributed by atoms with Crippen LogP contribution in [0.2, 0.25) is 0 Å². The van der Waals surface area contributed by atoms with Gasteiger partial charge in [-0.25, -0.2) is 13.8 Å². The van der Waals surface area contributed by atoms with E-state index in [1.807, 2.05) is 0 Å². The zero-order chi connectivity index (χ0) is 17.0. The molecule has 8 nitrogen and oxygen atoms in total. The lowest BCUT2D eigenvalue weighted by Gasteiger charge is -2.29. The first-order chi connectivity index (χ1) is 10.9. The van der Waals surface area contributed by atoms with E-state index in [0.29, 0.717) is 0 Å². The van der Waals surface area contributed by atoms with Gasteiger partial charge < -0.3 is 19.3 Å². The third-order valence-corrected chi connectivity index (χ3v) is 5.61. The van der Waals surface area contributed by atoms with Gasteiger partial charge in [-0.15, -0.1) is 11.8 Å². The minimum Gasteiger partial charge on any atom is -0.750 e. The molecular formula is C13H18NO7S2-. The number of amides is 1. The highest BCUT2D eigenvalue weighted by atomic mass is 32.2. The number of carbonyl (C=O) groups is 2. The lowest BCUT2D eigenvalue weighted by molar-refractivity contribution is -0.138. The van der Waals surface area contributed by atoms with Gasteiger partial charge in [0.05, 0.1) is 17.9 Å². The van der Waals surface area contributed by atoms with E-state index in [2.05, 4.69) is 11.9 Å². The van der Waals surface area contributed by atoms with Crippen LogP contribution in [0.25, 0.3) is 0 Å². The second-order valence-electron chi connectivity index (χ2n) is 5.27. The highest BCUT2D eigenvalue weighted by molar-refractivity contribution is 8.01. The van der Waals surface area contributed by atoms with Crippen molar-refractivity contribution in [3.63, 3.8) is 0 Å². The van der Waals surface area contributed by atoms with Crippen LogP contribution in [0.4, 0.5) is 4.79 Å². The standard InChI is InChI=1S/C13H19NO7S2/c1-7(2)12(15)19-6-5-14-13(16)20-10-8-3-4-9(22-8)11(10)21-23(17)18/h8-11H,1,3-6H2,2H3,(H,14,16)(H,17,18)/p-1. The van der Waals surface area contributed by atoms with Gasteiger partial charge in [-0.3, -0.25) is 4.18 Å². The molecule has 0 aromatic carbocycles. The van der Waals surface area contributed by atoms with Crippen molar-refractivity contribution in [3.8, 4) is 0 Å². The molecule has 2 saturated heterocycles. The van der Waals surface area contributed by atoms with Crippen LogP contribution in [0, 0.1) is 0 Å². The number of alkyl carbamates (subject to hydrolysis) is 1. The number of carbonyl (C=O) groups excluding carboxylic acids is 2. The van der Waals surface area contributed by atoms with Crippen molar-refractivity contribution in [1.29, 1.82) is 0 Å². The average molecular weight is 364 g/mol. The van der Waals surface area contributed by atoms with E-state index >= 15 is 0 Å². The molecule has 1 N–H and O–H groups in total. The third-order valence-electron chi connectivity index (χ3n) is 3.53. The van der Waals surface area contributed by atoms with E-state index in [1.165, 1.54) is 6.92 Å². The molecule has 23 heavy (non-hydrogen) atoms. The van der Waals surface area contributed by atoms with Crippen LogP contribution in [-0.4, -0.2) is 56.7 Å². The first kappa shape index (κ1) is 18.2. The van der Waals surface area contributed by atoms with Crippen LogP contribution in [0.15, 0.2) is 12.2 Å². The normalized spacial score (nSPS) is 29.8. The minimum atomic E-state index is -2.65. The Morgan fingerprint density at radius 3 is 2.61 bits per heavy atom. The molecule has 1 amide bonds. The number of nitrogens with one attached hydrogen (secondary N) is 1. The molecule has 2 heterocycles. The van der Waals surface area contributed by atoms with E-state index in [0.717, 1.165) is 12.8 Å². The second kappa shape index (κ2) is 8.13. The summed E-state index contributed by atoms with van der Waals surface area (Å²) in [5.41, 5.74) is 0.275. The first-order valence-corrected chi connectivity index (χ1v) is 9.01. The highest BCUT2D eigenvalue weighted by Crippen LogP contribution is 2.48. The van der Waals surface area contributed by atoms with E-state index in [9.17, 15) is 18.4 Å². The second-order valence-corrected chi connectivity index (χ2v) is 7.35. The van der Waals surface area contributed by atoms with Gasteiger partial charge in [0.15, 0.2) is 0 Å². The maximum atomic E-state index is 11.8. The smallest absolute Gasteiger partial charge is 0.407 e. The van der Waals surface area contributed by atoms with Crippen molar-refractivity contribution in [2.45, 2.75) is 42.5 Å². The van der Waals surface area contributed by atoms with Gasteiger partial charge in [0.1, 0.15) is 18.8 Å². The Balaban J connectivity index is 1.74. The fourth-order valence-electron chi connectivity index (χ4n) is 2.53. The van der Waals surface area contributed by atoms with Gasteiger partial charge in [0.25, 0.3) is 0 Å². The molecule has 2 aliphatic rings. The summed E-state index contributed by atoms with van der Waals surface area (Å²) < 4.78 is 36.5. The number of fused-ring (bicyclic) bond motifs is 2. The summed E-state index contributed by atoms with van der Waals surface area (Å²) in [6.07, 6.45) is -0.247. The number of thioether (sulfide) groups is 1. The van der Waals surface area contributed by atoms with Crippen molar-refractivity contribution in [3.05, 3.63) is 12.2 Å². The van der Waals surface area contributed by atoms with Crippen LogP contribution in [0.5, 0.6) is 0 Å². The van der Waals surface area contributed by atoms with E-state index in [1.54, 1.807) is 11.8 Å². The number of hydrogen-bond acceptors (Lipinski definition) is 8. The largest absolute Gasteiger partial charge is 0.750 e. The Hall–Kier alpha value is -1.10. The topological polar surface area (TPSA) is 114 Å². The molecule has 2 bridgehead atoms. The van der Waals surface area contributed by atoms with Crippen LogP contribution in [0.1, 0.15) is 19.8 Å². The van der Waals surface area contributed by atoms with Gasteiger partial charge in [0.2, 0.25) is 0 Å². The predicted octanol–water partition coefficient (Wildman–Crippen LogP) is 0.658. The molecule has 2 rings (SSSR count). The van der Waals surface area contributed by atoms with Crippen LogP contribution in [0.3, 0.4) is 0 Å². The maximum Gasteiger partial charge on any atom is 0.407 e. The molecule has 2 aliphatic heterocycles. The molecule has 0 aromatic heterocycles. The van der Waals surface area contributed by atoms with E-state index in [-0.39, 0.29) is 29.2 Å². The Bertz CT molecular complexity index is 513. The van der Waals surface area contributed by atoms with Gasteiger partial charge in [-0.2, -0.15) is 0 Å². The summed E-state index contributed by atoms with van der Waals surface area (Å²) in [5.74, 6) is -0.531. The van der Waals surface area contributed by atoms with Crippen molar-refractivity contribution >= 4 is 35.2 Å². The Morgan fingerprint density at radius 2 is 2.00 bits per heavy atom.